The van der Waals surface area contributed by atoms with Crippen molar-refractivity contribution in [3.8, 4) is 0 Å². The normalized spacial score (nSPS) is 13.0. The molecule has 1 radical (unpaired) electrons. The molecule has 0 spiro atoms. The van der Waals surface area contributed by atoms with E-state index in [1.54, 1.807) is 0 Å². The van der Waals surface area contributed by atoms with Crippen molar-refractivity contribution in [1.29, 1.82) is 0 Å². The summed E-state index contributed by atoms with van der Waals surface area (Å²) in [7, 11) is 0. The van der Waals surface area contributed by atoms with Gasteiger partial charge >= 0.3 is 11.8 Å². The summed E-state index contributed by atoms with van der Waals surface area (Å²) >= 11 is 0. The summed E-state index contributed by atoms with van der Waals surface area (Å²) in [5, 5.41) is 0. The molecule has 1 rings (SSSR count). The van der Waals surface area contributed by atoms with Crippen LogP contribution in [0.4, 0.5) is 17.6 Å². The molecular formula is C9H7F4. The molecule has 0 aliphatic carbocycles. The van der Waals surface area contributed by atoms with E-state index in [4.69, 9.17) is 0 Å². The topological polar surface area (TPSA) is 0 Å². The maximum Gasteiger partial charge on any atom is 0.335 e. The summed E-state index contributed by atoms with van der Waals surface area (Å²) in [6.07, 6.45) is 0. The zero-order chi connectivity index (χ0) is 10.1. The second-order valence-corrected chi connectivity index (χ2v) is 2.75. The molecule has 0 saturated heterocycles. The highest BCUT2D eigenvalue weighted by molar-refractivity contribution is 5.21. The van der Waals surface area contributed by atoms with E-state index in [9.17, 15) is 17.6 Å². The summed E-state index contributed by atoms with van der Waals surface area (Å²) in [6.45, 7) is 0.198. The van der Waals surface area contributed by atoms with Gasteiger partial charge in [0.15, 0.2) is 0 Å². The average Bonchev–Trinajstić information content (AvgIpc) is 2.04. The Bertz CT molecular complexity index is 273. The fourth-order valence-corrected chi connectivity index (χ4v) is 0.850. The monoisotopic (exact) mass is 191 g/mol. The van der Waals surface area contributed by atoms with E-state index in [-0.39, 0.29) is 6.92 Å². The van der Waals surface area contributed by atoms with Gasteiger partial charge in [-0.2, -0.15) is 17.6 Å². The molecule has 0 amide bonds. The van der Waals surface area contributed by atoms with Crippen molar-refractivity contribution in [2.75, 3.05) is 0 Å². The van der Waals surface area contributed by atoms with Crippen LogP contribution in [0, 0.1) is 6.07 Å². The van der Waals surface area contributed by atoms with Gasteiger partial charge in [-0.3, -0.25) is 0 Å². The fourth-order valence-electron chi connectivity index (χ4n) is 0.850. The van der Waals surface area contributed by atoms with Gasteiger partial charge in [-0.25, -0.2) is 0 Å². The van der Waals surface area contributed by atoms with Crippen molar-refractivity contribution in [2.24, 2.45) is 0 Å². The molecule has 0 saturated carbocycles. The van der Waals surface area contributed by atoms with Gasteiger partial charge < -0.3 is 0 Å². The molecular weight excluding hydrogens is 184 g/mol. The summed E-state index contributed by atoms with van der Waals surface area (Å²) in [5.74, 6) is -8.17. The Kier molecular flexibility index (Phi) is 2.32. The standard InChI is InChI=1S/C9H7F4/c1-8(10,11)9(12,13)7-5-3-2-4-6-7/h3-6H,1H3. The first-order chi connectivity index (χ1) is 5.86. The van der Waals surface area contributed by atoms with Crippen LogP contribution in [0.15, 0.2) is 24.3 Å². The largest absolute Gasteiger partial charge is 0.335 e. The molecule has 0 aromatic heterocycles. The van der Waals surface area contributed by atoms with Crippen LogP contribution >= 0.6 is 0 Å². The van der Waals surface area contributed by atoms with E-state index in [2.05, 4.69) is 6.07 Å². The molecule has 1 aromatic rings. The van der Waals surface area contributed by atoms with Crippen LogP contribution in [-0.2, 0) is 5.92 Å². The van der Waals surface area contributed by atoms with E-state index in [1.165, 1.54) is 12.1 Å². The number of hydrogen-bond acceptors (Lipinski definition) is 0. The lowest BCUT2D eigenvalue weighted by Crippen LogP contribution is -2.34. The molecule has 0 heterocycles. The molecule has 71 valence electrons. The van der Waals surface area contributed by atoms with Crippen LogP contribution in [0.1, 0.15) is 12.5 Å². The lowest BCUT2D eigenvalue weighted by molar-refractivity contribution is -0.204. The van der Waals surface area contributed by atoms with Crippen LogP contribution in [0.5, 0.6) is 0 Å². The minimum atomic E-state index is -4.12. The molecule has 0 N–H and O–H groups in total. The Hall–Kier alpha value is -1.06. The summed E-state index contributed by atoms with van der Waals surface area (Å²) in [5.41, 5.74) is -0.696. The van der Waals surface area contributed by atoms with Crippen molar-refractivity contribution in [3.63, 3.8) is 0 Å². The van der Waals surface area contributed by atoms with Gasteiger partial charge in [-0.15, -0.1) is 0 Å². The minimum Gasteiger partial charge on any atom is -0.200 e. The molecule has 4 heteroatoms. The molecule has 0 atom stereocenters. The van der Waals surface area contributed by atoms with Gasteiger partial charge in [0.25, 0.3) is 0 Å². The van der Waals surface area contributed by atoms with Crippen LogP contribution < -0.4 is 0 Å². The second-order valence-electron chi connectivity index (χ2n) is 2.75. The van der Waals surface area contributed by atoms with Crippen LogP contribution in [0.3, 0.4) is 0 Å². The number of benzene rings is 1. The predicted octanol–water partition coefficient (Wildman–Crippen LogP) is 3.23. The molecule has 0 fully saturated rings. The lowest BCUT2D eigenvalue weighted by Gasteiger charge is -2.23. The quantitative estimate of drug-likeness (QED) is 0.629. The summed E-state index contributed by atoms with van der Waals surface area (Å²) in [4.78, 5) is 0. The van der Waals surface area contributed by atoms with Gasteiger partial charge in [-0.1, -0.05) is 24.3 Å². The third-order valence-corrected chi connectivity index (χ3v) is 1.63. The summed E-state index contributed by atoms with van der Waals surface area (Å²) < 4.78 is 50.6. The van der Waals surface area contributed by atoms with E-state index in [0.29, 0.717) is 0 Å². The van der Waals surface area contributed by atoms with Gasteiger partial charge in [0, 0.05) is 12.5 Å². The predicted molar refractivity (Wildman–Crippen MR) is 39.8 cm³/mol. The van der Waals surface area contributed by atoms with Crippen LogP contribution in [0.25, 0.3) is 0 Å². The Morgan fingerprint density at radius 3 is 1.92 bits per heavy atom. The molecule has 0 bridgehead atoms. The highest BCUT2D eigenvalue weighted by Crippen LogP contribution is 2.42. The van der Waals surface area contributed by atoms with E-state index in [1.807, 2.05) is 0 Å². The van der Waals surface area contributed by atoms with Gasteiger partial charge in [0.05, 0.1) is 0 Å². The fraction of sp³-hybridized carbons (Fsp3) is 0.333. The second kappa shape index (κ2) is 3.01. The first-order valence-corrected chi connectivity index (χ1v) is 3.58. The van der Waals surface area contributed by atoms with Crippen LogP contribution in [-0.4, -0.2) is 5.92 Å². The molecule has 0 nitrogen and oxygen atoms in total. The number of rotatable bonds is 2. The maximum absolute atomic E-state index is 12.9. The number of alkyl halides is 4. The Morgan fingerprint density at radius 2 is 1.54 bits per heavy atom. The van der Waals surface area contributed by atoms with Crippen molar-refractivity contribution in [3.05, 3.63) is 35.9 Å². The van der Waals surface area contributed by atoms with Crippen molar-refractivity contribution >= 4 is 0 Å². The average molecular weight is 191 g/mol. The van der Waals surface area contributed by atoms with Crippen molar-refractivity contribution < 1.29 is 17.6 Å². The number of hydrogen-bond donors (Lipinski definition) is 0. The summed E-state index contributed by atoms with van der Waals surface area (Å²) in [6, 6.07) is 6.69. The third-order valence-electron chi connectivity index (χ3n) is 1.63. The van der Waals surface area contributed by atoms with E-state index in [0.717, 1.165) is 12.1 Å². The Morgan fingerprint density at radius 1 is 1.08 bits per heavy atom. The number of halogens is 4. The first kappa shape index (κ1) is 10.0. The van der Waals surface area contributed by atoms with Crippen molar-refractivity contribution in [1.82, 2.24) is 0 Å². The highest BCUT2D eigenvalue weighted by Gasteiger charge is 2.53. The van der Waals surface area contributed by atoms with Crippen LogP contribution in [0.2, 0.25) is 0 Å². The van der Waals surface area contributed by atoms with E-state index >= 15 is 0 Å². The smallest absolute Gasteiger partial charge is 0.200 e. The third kappa shape index (κ3) is 1.82. The zero-order valence-electron chi connectivity index (χ0n) is 6.82. The first-order valence-electron chi connectivity index (χ1n) is 3.58. The van der Waals surface area contributed by atoms with E-state index < -0.39 is 17.4 Å². The van der Waals surface area contributed by atoms with Gasteiger partial charge in [0.1, 0.15) is 0 Å². The Balaban J connectivity index is 3.08. The SMILES string of the molecule is CC(F)(F)C(F)(F)c1cc[c]cc1. The molecule has 0 aliphatic rings. The van der Waals surface area contributed by atoms with Crippen molar-refractivity contribution in [2.45, 2.75) is 18.8 Å². The zero-order valence-corrected chi connectivity index (χ0v) is 6.82. The molecule has 13 heavy (non-hydrogen) atoms. The Labute approximate surface area is 73.2 Å². The molecule has 0 unspecified atom stereocenters. The molecule has 1 aromatic carbocycles. The molecule has 0 aliphatic heterocycles. The lowest BCUT2D eigenvalue weighted by atomic mass is 10.0. The maximum atomic E-state index is 12.9. The van der Waals surface area contributed by atoms with Gasteiger partial charge in [0.2, 0.25) is 0 Å². The highest BCUT2D eigenvalue weighted by atomic mass is 19.3. The van der Waals surface area contributed by atoms with Gasteiger partial charge in [-0.05, 0) is 6.07 Å². The minimum absolute atomic E-state index is 0.198.